The Bertz CT molecular complexity index is 1200. The van der Waals surface area contributed by atoms with E-state index >= 15 is 0 Å². The number of unbranched alkanes of at least 4 members (excludes halogenated alkanes) is 2. The van der Waals surface area contributed by atoms with E-state index in [1.165, 1.54) is 46.4 Å². The van der Waals surface area contributed by atoms with Crippen LogP contribution in [0.15, 0.2) is 59.5 Å². The minimum absolute atomic E-state index is 0.315. The highest BCUT2D eigenvalue weighted by Gasteiger charge is 2.21. The number of thioether (sulfide) groups is 1. The third-order valence-corrected chi connectivity index (χ3v) is 8.64. The summed E-state index contributed by atoms with van der Waals surface area (Å²) in [6.07, 6.45) is 5.84. The maximum absolute atomic E-state index is 5.67. The Morgan fingerprint density at radius 3 is 2.41 bits per heavy atom. The number of ether oxygens (including phenoxy) is 4. The molecule has 2 aliphatic heterocycles. The Balaban J connectivity index is 1.15. The summed E-state index contributed by atoms with van der Waals surface area (Å²) in [4.78, 5) is 3.89. The zero-order chi connectivity index (χ0) is 25.6. The molecule has 0 fully saturated rings. The average molecular weight is 520 g/mol. The van der Waals surface area contributed by atoms with Crippen LogP contribution in [0.25, 0.3) is 0 Å². The fourth-order valence-electron chi connectivity index (χ4n) is 5.16. The predicted octanol–water partition coefficient (Wildman–Crippen LogP) is 7.19. The van der Waals surface area contributed by atoms with Crippen molar-refractivity contribution in [2.45, 2.75) is 55.7 Å². The van der Waals surface area contributed by atoms with Crippen molar-refractivity contribution in [1.82, 2.24) is 4.90 Å². The molecule has 3 aromatic carbocycles. The van der Waals surface area contributed by atoms with E-state index in [1.54, 1.807) is 14.2 Å². The molecule has 2 heterocycles. The van der Waals surface area contributed by atoms with Crippen LogP contribution in [-0.4, -0.2) is 39.0 Å². The molecule has 5 rings (SSSR count). The van der Waals surface area contributed by atoms with Crippen molar-refractivity contribution in [2.24, 2.45) is 0 Å². The van der Waals surface area contributed by atoms with Crippen molar-refractivity contribution in [3.63, 3.8) is 0 Å². The van der Waals surface area contributed by atoms with Crippen molar-refractivity contribution in [3.05, 3.63) is 76.9 Å². The van der Waals surface area contributed by atoms with Gasteiger partial charge in [-0.2, -0.15) is 0 Å². The Morgan fingerprint density at radius 1 is 0.865 bits per heavy atom. The first kappa shape index (κ1) is 25.8. The maximum atomic E-state index is 5.67. The summed E-state index contributed by atoms with van der Waals surface area (Å²) in [6.45, 7) is 5.67. The Hall–Kier alpha value is -2.83. The van der Waals surface area contributed by atoms with Crippen LogP contribution < -0.4 is 18.9 Å². The van der Waals surface area contributed by atoms with Gasteiger partial charge in [0.2, 0.25) is 6.79 Å². The Kier molecular flexibility index (Phi) is 8.47. The zero-order valence-corrected chi connectivity index (χ0v) is 22.9. The van der Waals surface area contributed by atoms with Gasteiger partial charge >= 0.3 is 0 Å². The summed E-state index contributed by atoms with van der Waals surface area (Å²) in [7, 11) is 3.41. The monoisotopic (exact) mass is 519 g/mol. The maximum Gasteiger partial charge on any atom is 0.231 e. The second-order valence-corrected chi connectivity index (χ2v) is 11.2. The fourth-order valence-corrected chi connectivity index (χ4v) is 6.35. The number of hydrogen-bond donors (Lipinski definition) is 0. The lowest BCUT2D eigenvalue weighted by Gasteiger charge is -2.29. The molecule has 0 radical (unpaired) electrons. The van der Waals surface area contributed by atoms with Gasteiger partial charge < -0.3 is 18.9 Å². The lowest BCUT2D eigenvalue weighted by molar-refractivity contribution is 0.174. The average Bonchev–Trinajstić information content (AvgIpc) is 3.40. The highest BCUT2D eigenvalue weighted by atomic mass is 32.2. The van der Waals surface area contributed by atoms with Gasteiger partial charge in [0.1, 0.15) is 0 Å². The van der Waals surface area contributed by atoms with E-state index in [4.69, 9.17) is 18.9 Å². The van der Waals surface area contributed by atoms with Crippen LogP contribution in [0.5, 0.6) is 23.0 Å². The van der Waals surface area contributed by atoms with E-state index in [-0.39, 0.29) is 0 Å². The normalized spacial score (nSPS) is 15.3. The van der Waals surface area contributed by atoms with Gasteiger partial charge in [-0.1, -0.05) is 36.6 Å². The summed E-state index contributed by atoms with van der Waals surface area (Å²) < 4.78 is 22.2. The zero-order valence-electron chi connectivity index (χ0n) is 22.1. The number of methoxy groups -OCH3 is 2. The number of hydrogen-bond acceptors (Lipinski definition) is 6. The first-order chi connectivity index (χ1) is 18.1. The molecule has 3 aromatic rings. The third-order valence-electron chi connectivity index (χ3n) is 7.31. The molecule has 0 amide bonds. The molecule has 196 valence electrons. The van der Waals surface area contributed by atoms with E-state index < -0.39 is 0 Å². The number of rotatable bonds is 11. The fraction of sp³-hybridized carbons (Fsp3) is 0.419. The van der Waals surface area contributed by atoms with Crippen LogP contribution in [0.2, 0.25) is 0 Å². The van der Waals surface area contributed by atoms with Crippen LogP contribution in [0.3, 0.4) is 0 Å². The molecule has 0 N–H and O–H groups in total. The standard InChI is InChI=1S/C31H37NO4S/c1-22-8-11-26(12-9-22)37-31(24-10-13-27-30(18-24)36-21-35-27)7-5-4-6-15-32-16-14-23-17-28(33-2)29(34-3)19-25(23)20-32/h8-13,17-19,31H,4-7,14-16,20-21H2,1-3H3. The number of benzene rings is 3. The summed E-state index contributed by atoms with van der Waals surface area (Å²) in [5.74, 6) is 3.37. The van der Waals surface area contributed by atoms with E-state index in [2.05, 4.69) is 66.4 Å². The summed E-state index contributed by atoms with van der Waals surface area (Å²) in [6, 6.07) is 19.6. The molecule has 0 aromatic heterocycles. The van der Waals surface area contributed by atoms with Gasteiger partial charge in [-0.25, -0.2) is 0 Å². The summed E-state index contributed by atoms with van der Waals surface area (Å²) >= 11 is 1.95. The molecule has 1 unspecified atom stereocenters. The largest absolute Gasteiger partial charge is 0.493 e. The molecular formula is C31H37NO4S. The molecule has 37 heavy (non-hydrogen) atoms. The van der Waals surface area contributed by atoms with Crippen LogP contribution >= 0.6 is 11.8 Å². The third kappa shape index (κ3) is 6.36. The van der Waals surface area contributed by atoms with Gasteiger partial charge in [-0.3, -0.25) is 4.90 Å². The molecule has 0 saturated carbocycles. The number of fused-ring (bicyclic) bond motifs is 2. The molecule has 0 spiro atoms. The van der Waals surface area contributed by atoms with E-state index in [0.717, 1.165) is 55.5 Å². The van der Waals surface area contributed by atoms with Crippen LogP contribution in [-0.2, 0) is 13.0 Å². The van der Waals surface area contributed by atoms with Crippen LogP contribution in [0, 0.1) is 6.92 Å². The van der Waals surface area contributed by atoms with E-state index in [0.29, 0.717) is 12.0 Å². The second-order valence-electron chi connectivity index (χ2n) is 9.88. The van der Waals surface area contributed by atoms with E-state index in [1.807, 2.05) is 11.8 Å². The quantitative estimate of drug-likeness (QED) is 0.197. The van der Waals surface area contributed by atoms with Gasteiger partial charge in [0.15, 0.2) is 23.0 Å². The number of aryl methyl sites for hydroxylation is 1. The van der Waals surface area contributed by atoms with Gasteiger partial charge in [-0.05, 0) is 85.8 Å². The smallest absolute Gasteiger partial charge is 0.231 e. The predicted molar refractivity (Wildman–Crippen MR) is 149 cm³/mol. The van der Waals surface area contributed by atoms with E-state index in [9.17, 15) is 0 Å². The molecule has 0 aliphatic carbocycles. The van der Waals surface area contributed by atoms with Crippen molar-refractivity contribution >= 4 is 11.8 Å². The number of nitrogens with zero attached hydrogens (tertiary/aromatic N) is 1. The molecule has 2 aliphatic rings. The first-order valence-electron chi connectivity index (χ1n) is 13.2. The molecule has 6 heteroatoms. The SMILES string of the molecule is COc1cc2c(cc1OC)CN(CCCCCC(Sc1ccc(C)cc1)c1ccc3c(c1)OCO3)CC2. The van der Waals surface area contributed by atoms with Crippen molar-refractivity contribution < 1.29 is 18.9 Å². The lowest BCUT2D eigenvalue weighted by Crippen LogP contribution is -2.31. The Labute approximate surface area is 225 Å². The highest BCUT2D eigenvalue weighted by molar-refractivity contribution is 7.99. The van der Waals surface area contributed by atoms with Crippen LogP contribution in [0.4, 0.5) is 0 Å². The molecule has 0 bridgehead atoms. The molecule has 0 saturated heterocycles. The highest BCUT2D eigenvalue weighted by Crippen LogP contribution is 2.43. The van der Waals surface area contributed by atoms with Gasteiger partial charge in [0.25, 0.3) is 0 Å². The van der Waals surface area contributed by atoms with Gasteiger partial charge in [0.05, 0.1) is 14.2 Å². The summed E-state index contributed by atoms with van der Waals surface area (Å²) in [5, 5.41) is 0.390. The topological polar surface area (TPSA) is 40.2 Å². The molecule has 5 nitrogen and oxygen atoms in total. The molecular weight excluding hydrogens is 482 g/mol. The first-order valence-corrected chi connectivity index (χ1v) is 14.1. The minimum atomic E-state index is 0.315. The van der Waals surface area contributed by atoms with Crippen LogP contribution in [0.1, 0.15) is 53.2 Å². The van der Waals surface area contributed by atoms with Crippen molar-refractivity contribution in [2.75, 3.05) is 34.1 Å². The second kappa shape index (κ2) is 12.1. The summed E-state index contributed by atoms with van der Waals surface area (Å²) in [5.41, 5.74) is 5.35. The van der Waals surface area contributed by atoms with Gasteiger partial charge in [0, 0.05) is 23.2 Å². The minimum Gasteiger partial charge on any atom is -0.493 e. The Morgan fingerprint density at radius 2 is 1.62 bits per heavy atom. The lowest BCUT2D eigenvalue weighted by atomic mass is 9.98. The van der Waals surface area contributed by atoms with Crippen molar-refractivity contribution in [3.8, 4) is 23.0 Å². The van der Waals surface area contributed by atoms with Crippen molar-refractivity contribution in [1.29, 1.82) is 0 Å². The molecule has 1 atom stereocenters. The van der Waals surface area contributed by atoms with Gasteiger partial charge in [-0.15, -0.1) is 11.8 Å².